The second kappa shape index (κ2) is 4.84. The van der Waals surface area contributed by atoms with E-state index < -0.39 is 23.7 Å². The van der Waals surface area contributed by atoms with E-state index in [1.165, 1.54) is 6.07 Å². The zero-order valence-corrected chi connectivity index (χ0v) is 14.5. The molecule has 2 atom stereocenters. The Morgan fingerprint density at radius 3 is 2.09 bits per heavy atom. The van der Waals surface area contributed by atoms with Crippen LogP contribution in [0, 0.1) is 0 Å². The van der Waals surface area contributed by atoms with Crippen molar-refractivity contribution in [1.82, 2.24) is 0 Å². The molecular formula is C14H15F3O4SSi. The SMILES string of the molecule is C[Si](C)(C)c1cc2c(cc1OS(=O)(=O)C(F)(F)F)C1C=CC2O1. The molecule has 0 aromatic heterocycles. The van der Waals surface area contributed by atoms with Gasteiger partial charge in [0.1, 0.15) is 18.0 Å². The van der Waals surface area contributed by atoms with Gasteiger partial charge < -0.3 is 8.92 Å². The lowest BCUT2D eigenvalue weighted by Crippen LogP contribution is -2.41. The van der Waals surface area contributed by atoms with Crippen molar-refractivity contribution in [2.24, 2.45) is 0 Å². The zero-order valence-electron chi connectivity index (χ0n) is 12.6. The highest BCUT2D eigenvalue weighted by atomic mass is 32.2. The molecule has 2 unspecified atom stereocenters. The van der Waals surface area contributed by atoms with E-state index in [1.54, 1.807) is 12.1 Å². The van der Waals surface area contributed by atoms with Crippen molar-refractivity contribution in [3.8, 4) is 5.75 Å². The Kier molecular flexibility index (Phi) is 3.48. The molecule has 0 spiro atoms. The highest BCUT2D eigenvalue weighted by molar-refractivity contribution is 7.88. The summed E-state index contributed by atoms with van der Waals surface area (Å²) >= 11 is 0. The van der Waals surface area contributed by atoms with E-state index in [1.807, 2.05) is 25.7 Å². The predicted octanol–water partition coefficient (Wildman–Crippen LogP) is 3.14. The Morgan fingerprint density at radius 1 is 1.09 bits per heavy atom. The average molecular weight is 364 g/mol. The lowest BCUT2D eigenvalue weighted by Gasteiger charge is -2.23. The number of ether oxygens (including phenoxy) is 1. The molecule has 126 valence electrons. The molecule has 2 aliphatic rings. The smallest absolute Gasteiger partial charge is 0.376 e. The van der Waals surface area contributed by atoms with Gasteiger partial charge in [-0.05, 0) is 22.4 Å². The largest absolute Gasteiger partial charge is 0.534 e. The third-order valence-corrected chi connectivity index (χ3v) is 6.82. The topological polar surface area (TPSA) is 52.6 Å². The maximum absolute atomic E-state index is 12.6. The van der Waals surface area contributed by atoms with Crippen LogP contribution in [0.2, 0.25) is 19.6 Å². The predicted molar refractivity (Wildman–Crippen MR) is 80.7 cm³/mol. The number of hydrogen-bond acceptors (Lipinski definition) is 4. The van der Waals surface area contributed by atoms with Crippen molar-refractivity contribution in [2.45, 2.75) is 37.4 Å². The van der Waals surface area contributed by atoms with Crippen molar-refractivity contribution in [1.29, 1.82) is 0 Å². The van der Waals surface area contributed by atoms with Crippen molar-refractivity contribution in [3.63, 3.8) is 0 Å². The summed E-state index contributed by atoms with van der Waals surface area (Å²) in [7, 11) is -7.84. The fourth-order valence-electron chi connectivity index (χ4n) is 2.73. The first-order chi connectivity index (χ1) is 10.4. The molecule has 0 radical (unpaired) electrons. The second-order valence-electron chi connectivity index (χ2n) is 6.57. The summed E-state index contributed by atoms with van der Waals surface area (Å²) < 4.78 is 70.8. The van der Waals surface area contributed by atoms with Crippen LogP contribution in [-0.4, -0.2) is 22.0 Å². The van der Waals surface area contributed by atoms with Gasteiger partial charge in [-0.1, -0.05) is 37.9 Å². The van der Waals surface area contributed by atoms with Gasteiger partial charge in [0.05, 0.1) is 8.07 Å². The maximum Gasteiger partial charge on any atom is 0.534 e. The molecule has 23 heavy (non-hydrogen) atoms. The standard InChI is InChI=1S/C14H15F3O4SSi/c1-23(2,3)13-7-9-8(10-4-5-11(9)20-10)6-12(13)21-22(18,19)14(15,16)17/h4-7,10-11H,1-3H3. The van der Waals surface area contributed by atoms with Crippen LogP contribution in [0.3, 0.4) is 0 Å². The van der Waals surface area contributed by atoms with E-state index >= 15 is 0 Å². The van der Waals surface area contributed by atoms with Crippen LogP contribution in [0.4, 0.5) is 13.2 Å². The number of halogens is 3. The Hall–Kier alpha value is -1.32. The van der Waals surface area contributed by atoms with Crippen LogP contribution in [0.5, 0.6) is 5.75 Å². The summed E-state index contributed by atoms with van der Waals surface area (Å²) in [6.07, 6.45) is 3.09. The second-order valence-corrected chi connectivity index (χ2v) is 13.1. The summed E-state index contributed by atoms with van der Waals surface area (Å²) in [6, 6.07) is 3.11. The van der Waals surface area contributed by atoms with Gasteiger partial charge in [0.15, 0.2) is 0 Å². The van der Waals surface area contributed by atoms with Gasteiger partial charge in [0, 0.05) is 0 Å². The Labute approximate surface area is 133 Å². The molecule has 0 aliphatic carbocycles. The van der Waals surface area contributed by atoms with Gasteiger partial charge in [0.25, 0.3) is 0 Å². The number of rotatable bonds is 3. The van der Waals surface area contributed by atoms with Crippen LogP contribution in [-0.2, 0) is 14.9 Å². The number of hydrogen-bond donors (Lipinski definition) is 0. The normalized spacial score (nSPS) is 23.2. The van der Waals surface area contributed by atoms with Gasteiger partial charge in [-0.3, -0.25) is 0 Å². The summed E-state index contributed by atoms with van der Waals surface area (Å²) in [4.78, 5) is 0. The minimum absolute atomic E-state index is 0.224. The highest BCUT2D eigenvalue weighted by Crippen LogP contribution is 2.47. The molecule has 0 saturated carbocycles. The fraction of sp³-hybridized carbons (Fsp3) is 0.429. The van der Waals surface area contributed by atoms with Crippen LogP contribution < -0.4 is 9.37 Å². The van der Waals surface area contributed by atoms with Gasteiger partial charge >= 0.3 is 15.6 Å². The molecule has 2 bridgehead atoms. The number of alkyl halides is 3. The third-order valence-electron chi connectivity index (χ3n) is 3.84. The van der Waals surface area contributed by atoms with Crippen LogP contribution in [0.15, 0.2) is 24.3 Å². The molecule has 0 N–H and O–H groups in total. The summed E-state index contributed by atoms with van der Waals surface area (Å²) in [5.74, 6) is -0.246. The minimum Gasteiger partial charge on any atom is -0.376 e. The molecule has 0 saturated heterocycles. The van der Waals surface area contributed by atoms with Gasteiger partial charge in [-0.15, -0.1) is 0 Å². The molecule has 3 rings (SSSR count). The molecule has 4 nitrogen and oxygen atoms in total. The first-order valence-corrected chi connectivity index (χ1v) is 11.8. The Bertz CT molecular complexity index is 793. The van der Waals surface area contributed by atoms with Gasteiger partial charge in [-0.25, -0.2) is 0 Å². The van der Waals surface area contributed by atoms with Gasteiger partial charge in [0.2, 0.25) is 0 Å². The molecule has 2 heterocycles. The molecule has 0 amide bonds. The fourth-order valence-corrected chi connectivity index (χ4v) is 4.72. The van der Waals surface area contributed by atoms with E-state index in [0.29, 0.717) is 10.8 Å². The maximum atomic E-state index is 12.6. The first kappa shape index (κ1) is 16.5. The average Bonchev–Trinajstić information content (AvgIpc) is 2.96. The van der Waals surface area contributed by atoms with Crippen LogP contribution in [0.25, 0.3) is 0 Å². The van der Waals surface area contributed by atoms with Gasteiger partial charge in [-0.2, -0.15) is 21.6 Å². The van der Waals surface area contributed by atoms with Crippen molar-refractivity contribution >= 4 is 23.4 Å². The quantitative estimate of drug-likeness (QED) is 0.358. The van der Waals surface area contributed by atoms with E-state index in [0.717, 1.165) is 5.56 Å². The monoisotopic (exact) mass is 364 g/mol. The Morgan fingerprint density at radius 2 is 1.61 bits per heavy atom. The van der Waals surface area contributed by atoms with Crippen molar-refractivity contribution in [3.05, 3.63) is 35.4 Å². The lowest BCUT2D eigenvalue weighted by molar-refractivity contribution is -0.0499. The lowest BCUT2D eigenvalue weighted by atomic mass is 9.97. The van der Waals surface area contributed by atoms with Crippen LogP contribution in [0.1, 0.15) is 23.3 Å². The van der Waals surface area contributed by atoms with E-state index in [2.05, 4.69) is 4.18 Å². The zero-order chi connectivity index (χ0) is 17.2. The summed E-state index contributed by atoms with van der Waals surface area (Å²) in [5, 5.41) is 0.522. The molecule has 2 aliphatic heterocycles. The minimum atomic E-state index is -5.70. The summed E-state index contributed by atoms with van der Waals surface area (Å²) in [5.41, 5.74) is -3.93. The van der Waals surface area contributed by atoms with E-state index in [-0.39, 0.29) is 18.0 Å². The molecule has 9 heteroatoms. The highest BCUT2D eigenvalue weighted by Gasteiger charge is 2.49. The molecular weight excluding hydrogens is 349 g/mol. The number of fused-ring (bicyclic) bond motifs is 5. The van der Waals surface area contributed by atoms with E-state index in [4.69, 9.17) is 4.74 Å². The molecule has 1 aromatic rings. The van der Waals surface area contributed by atoms with Crippen LogP contribution >= 0.6 is 0 Å². The molecule has 1 aromatic carbocycles. The van der Waals surface area contributed by atoms with Crippen molar-refractivity contribution in [2.75, 3.05) is 0 Å². The first-order valence-electron chi connectivity index (χ1n) is 6.93. The molecule has 0 fully saturated rings. The summed E-state index contributed by atoms with van der Waals surface area (Å²) in [6.45, 7) is 5.73. The third kappa shape index (κ3) is 2.70. The van der Waals surface area contributed by atoms with E-state index in [9.17, 15) is 21.6 Å². The van der Waals surface area contributed by atoms with Crippen molar-refractivity contribution < 1.29 is 30.5 Å². The Balaban J connectivity index is 2.12. The number of benzene rings is 1.